The average molecular weight is 264 g/mol. The number of nitrogens with one attached hydrogen (secondary N) is 1. The summed E-state index contributed by atoms with van der Waals surface area (Å²) >= 11 is 0. The second-order valence-corrected chi connectivity index (χ2v) is 5.74. The molecule has 1 aromatic carbocycles. The summed E-state index contributed by atoms with van der Waals surface area (Å²) in [6.07, 6.45) is 1.21. The Hall–Kier alpha value is -1.06. The topological polar surface area (TPSA) is 24.5 Å². The molecule has 0 radical (unpaired) electrons. The van der Waals surface area contributed by atoms with Crippen molar-refractivity contribution >= 4 is 0 Å². The van der Waals surface area contributed by atoms with E-state index in [2.05, 4.69) is 56.4 Å². The van der Waals surface area contributed by atoms with Crippen LogP contribution in [0.4, 0.5) is 0 Å². The number of hydrogen-bond donors (Lipinski definition) is 1. The monoisotopic (exact) mass is 264 g/mol. The normalized spacial score (nSPS) is 11.3. The van der Waals surface area contributed by atoms with Gasteiger partial charge in [0.2, 0.25) is 0 Å². The lowest BCUT2D eigenvalue weighted by Gasteiger charge is -2.14. The Morgan fingerprint density at radius 1 is 1.26 bits per heavy atom. The van der Waals surface area contributed by atoms with Crippen molar-refractivity contribution in [2.45, 2.75) is 33.4 Å². The molecule has 0 saturated heterocycles. The minimum atomic E-state index is 0.747. The molecule has 1 rings (SSSR count). The van der Waals surface area contributed by atoms with E-state index in [1.807, 2.05) is 0 Å². The van der Waals surface area contributed by atoms with Crippen LogP contribution in [0.1, 0.15) is 31.4 Å². The molecule has 0 amide bonds. The molecule has 0 aliphatic heterocycles. The van der Waals surface area contributed by atoms with Crippen molar-refractivity contribution in [1.29, 1.82) is 0 Å². The van der Waals surface area contributed by atoms with Gasteiger partial charge in [-0.25, -0.2) is 0 Å². The lowest BCUT2D eigenvalue weighted by Crippen LogP contribution is -2.17. The first-order valence-electron chi connectivity index (χ1n) is 7.04. The lowest BCUT2D eigenvalue weighted by atomic mass is 10.1. The highest BCUT2D eigenvalue weighted by molar-refractivity contribution is 5.37. The number of hydrogen-bond acceptors (Lipinski definition) is 3. The highest BCUT2D eigenvalue weighted by Gasteiger charge is 2.05. The zero-order valence-corrected chi connectivity index (χ0v) is 13.0. The molecule has 108 valence electrons. The Kier molecular flexibility index (Phi) is 6.89. The molecule has 1 aromatic rings. The van der Waals surface area contributed by atoms with Gasteiger partial charge in [0.05, 0.1) is 7.11 Å². The van der Waals surface area contributed by atoms with Crippen molar-refractivity contribution in [1.82, 2.24) is 10.2 Å². The summed E-state index contributed by atoms with van der Waals surface area (Å²) < 4.78 is 5.49. The molecule has 0 heterocycles. The fourth-order valence-electron chi connectivity index (χ4n) is 2.01. The van der Waals surface area contributed by atoms with Crippen LogP contribution in [0.2, 0.25) is 0 Å². The number of ether oxygens (including phenoxy) is 1. The largest absolute Gasteiger partial charge is 0.496 e. The predicted octanol–water partition coefficient (Wildman–Crippen LogP) is 2.89. The Bertz CT molecular complexity index is 375. The van der Waals surface area contributed by atoms with E-state index in [9.17, 15) is 0 Å². The Morgan fingerprint density at radius 2 is 2.00 bits per heavy atom. The molecule has 0 bridgehead atoms. The van der Waals surface area contributed by atoms with E-state index in [0.717, 1.165) is 31.3 Å². The number of methoxy groups -OCH3 is 1. The lowest BCUT2D eigenvalue weighted by molar-refractivity contribution is 0.392. The van der Waals surface area contributed by atoms with E-state index in [0.29, 0.717) is 0 Å². The zero-order valence-electron chi connectivity index (χ0n) is 13.0. The van der Waals surface area contributed by atoms with Gasteiger partial charge >= 0.3 is 0 Å². The molecule has 3 heteroatoms. The summed E-state index contributed by atoms with van der Waals surface area (Å²) in [5, 5.41) is 3.48. The Morgan fingerprint density at radius 3 is 2.58 bits per heavy atom. The minimum Gasteiger partial charge on any atom is -0.496 e. The molecule has 0 aromatic heterocycles. The van der Waals surface area contributed by atoms with E-state index in [1.165, 1.54) is 17.5 Å². The maximum atomic E-state index is 5.49. The van der Waals surface area contributed by atoms with Gasteiger partial charge in [0.25, 0.3) is 0 Å². The summed E-state index contributed by atoms with van der Waals surface area (Å²) in [6.45, 7) is 7.37. The molecule has 1 N–H and O–H groups in total. The molecule has 19 heavy (non-hydrogen) atoms. The van der Waals surface area contributed by atoms with E-state index >= 15 is 0 Å². The molecule has 0 spiro atoms. The molecule has 0 saturated carbocycles. The maximum absolute atomic E-state index is 5.49. The minimum absolute atomic E-state index is 0.747. The van der Waals surface area contributed by atoms with Crippen LogP contribution in [0.15, 0.2) is 18.2 Å². The van der Waals surface area contributed by atoms with Gasteiger partial charge in [-0.05, 0) is 44.6 Å². The van der Waals surface area contributed by atoms with Crippen LogP contribution >= 0.6 is 0 Å². The number of nitrogens with zero attached hydrogens (tertiary/aromatic N) is 1. The van der Waals surface area contributed by atoms with E-state index in [4.69, 9.17) is 4.74 Å². The number of rotatable bonds is 8. The van der Waals surface area contributed by atoms with Gasteiger partial charge in [-0.15, -0.1) is 0 Å². The van der Waals surface area contributed by atoms with Crippen LogP contribution < -0.4 is 10.1 Å². The SMILES string of the molecule is COc1cc(CN(C)C)ccc1CNCCC(C)C. The van der Waals surface area contributed by atoms with Crippen molar-refractivity contribution < 1.29 is 4.74 Å². The summed E-state index contributed by atoms with van der Waals surface area (Å²) in [7, 11) is 5.90. The molecule has 0 atom stereocenters. The van der Waals surface area contributed by atoms with Crippen LogP contribution in [0.5, 0.6) is 5.75 Å². The predicted molar refractivity (Wildman–Crippen MR) is 81.5 cm³/mol. The van der Waals surface area contributed by atoms with Gasteiger partial charge in [-0.1, -0.05) is 26.0 Å². The third kappa shape index (κ3) is 6.08. The molecule has 3 nitrogen and oxygen atoms in total. The van der Waals surface area contributed by atoms with Gasteiger partial charge in [0.15, 0.2) is 0 Å². The van der Waals surface area contributed by atoms with E-state index in [-0.39, 0.29) is 0 Å². The van der Waals surface area contributed by atoms with Crippen molar-refractivity contribution in [2.24, 2.45) is 5.92 Å². The first kappa shape index (κ1) is 16.0. The van der Waals surface area contributed by atoms with Crippen LogP contribution in [0, 0.1) is 5.92 Å². The Labute approximate surface area is 118 Å². The van der Waals surface area contributed by atoms with Crippen molar-refractivity contribution in [3.8, 4) is 5.75 Å². The number of benzene rings is 1. The third-order valence-corrected chi connectivity index (χ3v) is 3.06. The maximum Gasteiger partial charge on any atom is 0.123 e. The van der Waals surface area contributed by atoms with Crippen molar-refractivity contribution in [2.75, 3.05) is 27.7 Å². The van der Waals surface area contributed by atoms with Gasteiger partial charge in [0.1, 0.15) is 5.75 Å². The highest BCUT2D eigenvalue weighted by atomic mass is 16.5. The standard InChI is InChI=1S/C16H28N2O/c1-13(2)8-9-17-11-15-7-6-14(12-18(3)4)10-16(15)19-5/h6-7,10,13,17H,8-9,11-12H2,1-5H3. The molecule has 0 fully saturated rings. The zero-order chi connectivity index (χ0) is 14.3. The van der Waals surface area contributed by atoms with Gasteiger partial charge in [-0.3, -0.25) is 0 Å². The second-order valence-electron chi connectivity index (χ2n) is 5.74. The van der Waals surface area contributed by atoms with Gasteiger partial charge in [-0.2, -0.15) is 0 Å². The Balaban J connectivity index is 2.57. The third-order valence-electron chi connectivity index (χ3n) is 3.06. The molecular formula is C16H28N2O. The fourth-order valence-corrected chi connectivity index (χ4v) is 2.01. The summed E-state index contributed by atoms with van der Waals surface area (Å²) in [4.78, 5) is 2.16. The highest BCUT2D eigenvalue weighted by Crippen LogP contribution is 2.20. The average Bonchev–Trinajstić information content (AvgIpc) is 2.34. The van der Waals surface area contributed by atoms with Crippen LogP contribution in [0.25, 0.3) is 0 Å². The van der Waals surface area contributed by atoms with Gasteiger partial charge in [0, 0.05) is 18.7 Å². The molecular weight excluding hydrogens is 236 g/mol. The van der Waals surface area contributed by atoms with E-state index in [1.54, 1.807) is 7.11 Å². The van der Waals surface area contributed by atoms with Crippen LogP contribution in [-0.4, -0.2) is 32.6 Å². The summed E-state index contributed by atoms with van der Waals surface area (Å²) in [5.41, 5.74) is 2.52. The van der Waals surface area contributed by atoms with Crippen molar-refractivity contribution in [3.05, 3.63) is 29.3 Å². The quantitative estimate of drug-likeness (QED) is 0.731. The summed E-state index contributed by atoms with van der Waals surface area (Å²) in [6, 6.07) is 6.49. The second kappa shape index (κ2) is 8.18. The summed E-state index contributed by atoms with van der Waals surface area (Å²) in [5.74, 6) is 1.73. The van der Waals surface area contributed by atoms with Crippen molar-refractivity contribution in [3.63, 3.8) is 0 Å². The molecule has 0 unspecified atom stereocenters. The fraction of sp³-hybridized carbons (Fsp3) is 0.625. The first-order valence-corrected chi connectivity index (χ1v) is 7.04. The first-order chi connectivity index (χ1) is 9.02. The smallest absolute Gasteiger partial charge is 0.123 e. The van der Waals surface area contributed by atoms with Gasteiger partial charge < -0.3 is 15.0 Å². The van der Waals surface area contributed by atoms with Crippen LogP contribution in [0.3, 0.4) is 0 Å². The molecule has 0 aliphatic carbocycles. The van der Waals surface area contributed by atoms with Crippen LogP contribution in [-0.2, 0) is 13.1 Å². The molecule has 0 aliphatic rings. The van der Waals surface area contributed by atoms with E-state index < -0.39 is 0 Å².